The highest BCUT2D eigenvalue weighted by molar-refractivity contribution is 6.30. The molecule has 1 atom stereocenters. The molecule has 4 rings (SSSR count). The van der Waals surface area contributed by atoms with Gasteiger partial charge in [0, 0.05) is 16.1 Å². The molecule has 0 radical (unpaired) electrons. The summed E-state index contributed by atoms with van der Waals surface area (Å²) in [7, 11) is 0. The summed E-state index contributed by atoms with van der Waals surface area (Å²) < 4.78 is 5.65. The molecule has 0 saturated carbocycles. The molecule has 1 N–H and O–H groups in total. The van der Waals surface area contributed by atoms with Crippen LogP contribution in [0.15, 0.2) is 77.9 Å². The van der Waals surface area contributed by atoms with E-state index >= 15 is 0 Å². The van der Waals surface area contributed by atoms with E-state index in [2.05, 4.69) is 22.7 Å². The molecular formula is C22H17ClN2O2. The van der Waals surface area contributed by atoms with E-state index in [1.165, 1.54) is 0 Å². The highest BCUT2D eigenvalue weighted by Gasteiger charge is 2.24. The van der Waals surface area contributed by atoms with Crippen molar-refractivity contribution in [3.8, 4) is 16.9 Å². The molecule has 134 valence electrons. The average Bonchev–Trinajstić information content (AvgIpc) is 3.00. The molecule has 0 spiro atoms. The summed E-state index contributed by atoms with van der Waals surface area (Å²) in [6.07, 6.45) is -0.709. The molecule has 0 bridgehead atoms. The summed E-state index contributed by atoms with van der Waals surface area (Å²) in [5.74, 6) is 0.207. The fourth-order valence-electron chi connectivity index (χ4n) is 3.11. The van der Waals surface area contributed by atoms with Gasteiger partial charge >= 0.3 is 0 Å². The number of rotatable bonds is 4. The van der Waals surface area contributed by atoms with E-state index in [0.717, 1.165) is 28.0 Å². The Labute approximate surface area is 162 Å². The summed E-state index contributed by atoms with van der Waals surface area (Å²) in [6, 6.07) is 23.0. The van der Waals surface area contributed by atoms with Crippen molar-refractivity contribution in [3.05, 3.63) is 88.9 Å². The molecule has 0 fully saturated rings. The van der Waals surface area contributed by atoms with Crippen LogP contribution in [0.25, 0.3) is 11.1 Å². The minimum Gasteiger partial charge on any atom is -0.481 e. The molecule has 3 aromatic rings. The Bertz CT molecular complexity index is 998. The van der Waals surface area contributed by atoms with Crippen LogP contribution in [0, 0.1) is 0 Å². The zero-order valence-corrected chi connectivity index (χ0v) is 15.4. The van der Waals surface area contributed by atoms with Gasteiger partial charge in [0.25, 0.3) is 5.91 Å². The van der Waals surface area contributed by atoms with Crippen LogP contribution in [0.2, 0.25) is 5.02 Å². The molecule has 4 nitrogen and oxygen atoms in total. The van der Waals surface area contributed by atoms with Gasteiger partial charge in [0.1, 0.15) is 5.75 Å². The van der Waals surface area contributed by atoms with Gasteiger partial charge in [0.05, 0.1) is 5.71 Å². The van der Waals surface area contributed by atoms with Crippen LogP contribution >= 0.6 is 11.6 Å². The summed E-state index contributed by atoms with van der Waals surface area (Å²) >= 11 is 5.95. The van der Waals surface area contributed by atoms with E-state index in [-0.39, 0.29) is 5.91 Å². The quantitative estimate of drug-likeness (QED) is 0.527. The Kier molecular flexibility index (Phi) is 4.65. The van der Waals surface area contributed by atoms with Gasteiger partial charge in [-0.3, -0.25) is 4.79 Å². The molecule has 0 aliphatic heterocycles. The number of hydrogen-bond donors (Lipinski definition) is 1. The van der Waals surface area contributed by atoms with E-state index in [0.29, 0.717) is 10.8 Å². The average molecular weight is 377 g/mol. The number of benzene rings is 3. The van der Waals surface area contributed by atoms with Gasteiger partial charge in [-0.1, -0.05) is 66.2 Å². The smallest absolute Gasteiger partial charge is 0.280 e. The van der Waals surface area contributed by atoms with Gasteiger partial charge in [0.2, 0.25) is 0 Å². The molecule has 0 saturated heterocycles. The highest BCUT2D eigenvalue weighted by Crippen LogP contribution is 2.36. The zero-order chi connectivity index (χ0) is 18.8. The third-order valence-electron chi connectivity index (χ3n) is 4.41. The second kappa shape index (κ2) is 7.25. The Morgan fingerprint density at radius 2 is 1.52 bits per heavy atom. The molecule has 3 aromatic carbocycles. The fraction of sp³-hybridized carbons (Fsp3) is 0.0909. The van der Waals surface area contributed by atoms with Crippen molar-refractivity contribution < 1.29 is 9.53 Å². The van der Waals surface area contributed by atoms with Gasteiger partial charge in [-0.25, -0.2) is 5.43 Å². The molecule has 0 unspecified atom stereocenters. The van der Waals surface area contributed by atoms with Crippen LogP contribution in [-0.2, 0) is 4.79 Å². The Hall–Kier alpha value is -3.11. The first-order valence-corrected chi connectivity index (χ1v) is 9.00. The summed E-state index contributed by atoms with van der Waals surface area (Å²) in [5, 5.41) is 4.95. The van der Waals surface area contributed by atoms with Crippen molar-refractivity contribution in [1.82, 2.24) is 5.43 Å². The Morgan fingerprint density at radius 3 is 2.11 bits per heavy atom. The van der Waals surface area contributed by atoms with E-state index in [1.807, 2.05) is 36.4 Å². The first-order valence-electron chi connectivity index (χ1n) is 8.62. The van der Waals surface area contributed by atoms with Gasteiger partial charge in [-0.05, 0) is 36.2 Å². The third-order valence-corrected chi connectivity index (χ3v) is 4.65. The number of nitrogens with one attached hydrogen (secondary N) is 1. The molecular weight excluding hydrogens is 360 g/mol. The van der Waals surface area contributed by atoms with Crippen molar-refractivity contribution in [2.75, 3.05) is 0 Å². The topological polar surface area (TPSA) is 50.7 Å². The minimum absolute atomic E-state index is 0.329. The van der Waals surface area contributed by atoms with Crippen LogP contribution in [0.1, 0.15) is 18.1 Å². The van der Waals surface area contributed by atoms with Crippen molar-refractivity contribution in [2.45, 2.75) is 13.0 Å². The normalized spacial score (nSPS) is 12.7. The number of halogens is 1. The third kappa shape index (κ3) is 3.44. The maximum atomic E-state index is 12.4. The largest absolute Gasteiger partial charge is 0.481 e. The molecule has 0 aromatic heterocycles. The number of fused-ring (bicyclic) bond motifs is 3. The fourth-order valence-corrected chi connectivity index (χ4v) is 3.29. The van der Waals surface area contributed by atoms with Crippen molar-refractivity contribution >= 4 is 23.2 Å². The summed E-state index contributed by atoms with van der Waals surface area (Å²) in [5.41, 5.74) is 7.62. The van der Waals surface area contributed by atoms with E-state index in [9.17, 15) is 4.79 Å². The molecule has 5 heteroatoms. The van der Waals surface area contributed by atoms with E-state index in [4.69, 9.17) is 16.3 Å². The molecule has 27 heavy (non-hydrogen) atoms. The zero-order valence-electron chi connectivity index (χ0n) is 14.6. The standard InChI is InChI=1S/C22H17ClN2O2/c1-14(27-16-8-6-7-15(23)13-16)22(26)25-24-21-19-11-4-2-9-17(19)18-10-3-5-12-20(18)21/h2-14H,1H3,(H,25,26)/t14-/m1/s1. The maximum Gasteiger partial charge on any atom is 0.280 e. The van der Waals surface area contributed by atoms with Crippen LogP contribution in [0.5, 0.6) is 5.75 Å². The number of hydrazone groups is 1. The number of amides is 1. The van der Waals surface area contributed by atoms with Gasteiger partial charge in [-0.2, -0.15) is 5.10 Å². The maximum absolute atomic E-state index is 12.4. The van der Waals surface area contributed by atoms with Crippen LogP contribution in [0.4, 0.5) is 0 Å². The molecule has 0 heterocycles. The van der Waals surface area contributed by atoms with Crippen molar-refractivity contribution in [2.24, 2.45) is 5.10 Å². The lowest BCUT2D eigenvalue weighted by Gasteiger charge is -2.13. The lowest BCUT2D eigenvalue weighted by molar-refractivity contribution is -0.127. The van der Waals surface area contributed by atoms with Crippen LogP contribution < -0.4 is 10.2 Å². The molecule has 1 amide bonds. The Morgan fingerprint density at radius 1 is 0.926 bits per heavy atom. The Balaban J connectivity index is 1.55. The highest BCUT2D eigenvalue weighted by atomic mass is 35.5. The number of hydrogen-bond acceptors (Lipinski definition) is 3. The first-order chi connectivity index (χ1) is 13.1. The van der Waals surface area contributed by atoms with Gasteiger partial charge < -0.3 is 4.74 Å². The minimum atomic E-state index is -0.709. The first kappa shape index (κ1) is 17.3. The van der Waals surface area contributed by atoms with E-state index < -0.39 is 6.10 Å². The second-order valence-electron chi connectivity index (χ2n) is 6.25. The number of nitrogens with zero attached hydrogens (tertiary/aromatic N) is 1. The van der Waals surface area contributed by atoms with Gasteiger partial charge in [0.15, 0.2) is 6.10 Å². The van der Waals surface area contributed by atoms with Crippen molar-refractivity contribution in [3.63, 3.8) is 0 Å². The predicted octanol–water partition coefficient (Wildman–Crippen LogP) is 4.66. The summed E-state index contributed by atoms with van der Waals surface area (Å²) in [6.45, 7) is 1.67. The number of carbonyl (C=O) groups is 1. The van der Waals surface area contributed by atoms with Crippen LogP contribution in [0.3, 0.4) is 0 Å². The van der Waals surface area contributed by atoms with Crippen molar-refractivity contribution in [1.29, 1.82) is 0 Å². The predicted molar refractivity (Wildman–Crippen MR) is 107 cm³/mol. The number of ether oxygens (including phenoxy) is 1. The van der Waals surface area contributed by atoms with Crippen LogP contribution in [-0.4, -0.2) is 17.7 Å². The lowest BCUT2D eigenvalue weighted by Crippen LogP contribution is -2.34. The molecule has 1 aliphatic carbocycles. The second-order valence-corrected chi connectivity index (χ2v) is 6.68. The SMILES string of the molecule is C[C@@H](Oc1cccc(Cl)c1)C(=O)NN=C1c2ccccc2-c2ccccc21. The summed E-state index contributed by atoms with van der Waals surface area (Å²) in [4.78, 5) is 12.4. The monoisotopic (exact) mass is 376 g/mol. The lowest BCUT2D eigenvalue weighted by atomic mass is 10.1. The number of carbonyl (C=O) groups excluding carboxylic acids is 1. The van der Waals surface area contributed by atoms with E-state index in [1.54, 1.807) is 31.2 Å². The van der Waals surface area contributed by atoms with Gasteiger partial charge in [-0.15, -0.1) is 0 Å². The molecule has 1 aliphatic rings.